The van der Waals surface area contributed by atoms with Crippen molar-refractivity contribution < 1.29 is 8.42 Å². The van der Waals surface area contributed by atoms with Crippen LogP contribution < -0.4 is 4.90 Å². The van der Waals surface area contributed by atoms with Crippen molar-refractivity contribution in [2.75, 3.05) is 31.1 Å². The molecule has 4 rings (SSSR count). The molecule has 0 aliphatic carbocycles. The molecule has 2 heterocycles. The summed E-state index contributed by atoms with van der Waals surface area (Å²) in [6.45, 7) is 2.08. The van der Waals surface area contributed by atoms with Gasteiger partial charge in [0, 0.05) is 47.5 Å². The molecule has 1 aromatic heterocycles. The van der Waals surface area contributed by atoms with Gasteiger partial charge in [0.1, 0.15) is 0 Å². The Morgan fingerprint density at radius 1 is 1.07 bits per heavy atom. The molecule has 5 nitrogen and oxygen atoms in total. The van der Waals surface area contributed by atoms with Gasteiger partial charge in [-0.25, -0.2) is 13.4 Å². The average Bonchev–Trinajstić information content (AvgIpc) is 3.16. The van der Waals surface area contributed by atoms with E-state index in [1.807, 2.05) is 12.1 Å². The zero-order valence-electron chi connectivity index (χ0n) is 15.5. The molecule has 0 amide bonds. The topological polar surface area (TPSA) is 53.5 Å². The fourth-order valence-corrected chi connectivity index (χ4v) is 6.32. The highest BCUT2D eigenvalue weighted by Crippen LogP contribution is 2.26. The van der Waals surface area contributed by atoms with Crippen molar-refractivity contribution in [1.29, 1.82) is 0 Å². The number of hydrogen-bond acceptors (Lipinski definition) is 5. The quantitative estimate of drug-likeness (QED) is 0.499. The Hall–Kier alpha value is -1.45. The van der Waals surface area contributed by atoms with Gasteiger partial charge < -0.3 is 4.90 Å². The fourth-order valence-electron chi connectivity index (χ4n) is 3.28. The van der Waals surface area contributed by atoms with Crippen LogP contribution in [0.4, 0.5) is 5.13 Å². The van der Waals surface area contributed by atoms with Gasteiger partial charge in [-0.2, -0.15) is 4.31 Å². The summed E-state index contributed by atoms with van der Waals surface area (Å²) in [5.41, 5.74) is 2.23. The van der Waals surface area contributed by atoms with E-state index in [-0.39, 0.29) is 4.90 Å². The average molecular weight is 513 g/mol. The highest BCUT2D eigenvalue weighted by Gasteiger charge is 2.29. The molecular formula is C20H19BrClN3O2S2. The Bertz CT molecular complexity index is 1110. The third kappa shape index (κ3) is 4.83. The molecular weight excluding hydrogens is 494 g/mol. The van der Waals surface area contributed by atoms with Crippen molar-refractivity contribution in [3.63, 3.8) is 0 Å². The summed E-state index contributed by atoms with van der Waals surface area (Å²) in [5.74, 6) is 0. The third-order valence-electron chi connectivity index (χ3n) is 4.76. The molecule has 0 atom stereocenters. The number of aromatic nitrogens is 1. The van der Waals surface area contributed by atoms with Crippen LogP contribution in [0.2, 0.25) is 5.02 Å². The van der Waals surface area contributed by atoms with Gasteiger partial charge >= 0.3 is 0 Å². The van der Waals surface area contributed by atoms with E-state index in [1.54, 1.807) is 29.5 Å². The van der Waals surface area contributed by atoms with Gasteiger partial charge in [0.15, 0.2) is 5.13 Å². The van der Waals surface area contributed by atoms with Gasteiger partial charge in [0.2, 0.25) is 10.0 Å². The molecule has 1 fully saturated rings. The molecule has 29 heavy (non-hydrogen) atoms. The molecule has 0 unspecified atom stereocenters. The third-order valence-corrected chi connectivity index (χ3v) is 8.33. The zero-order valence-corrected chi connectivity index (χ0v) is 19.4. The van der Waals surface area contributed by atoms with Gasteiger partial charge in [-0.15, -0.1) is 11.3 Å². The summed E-state index contributed by atoms with van der Waals surface area (Å²) in [4.78, 5) is 7.15. The Balaban J connectivity index is 1.40. The van der Waals surface area contributed by atoms with Crippen molar-refractivity contribution in [3.05, 3.63) is 74.7 Å². The zero-order chi connectivity index (χ0) is 20.4. The van der Waals surface area contributed by atoms with Crippen LogP contribution in [0.5, 0.6) is 0 Å². The van der Waals surface area contributed by atoms with Crippen LogP contribution in [-0.4, -0.2) is 43.9 Å². The second-order valence-corrected chi connectivity index (χ2v) is 10.9. The summed E-state index contributed by atoms with van der Waals surface area (Å²) in [5, 5.41) is 3.44. The van der Waals surface area contributed by atoms with E-state index in [1.165, 1.54) is 15.9 Å². The number of nitrogens with zero attached hydrogens (tertiary/aromatic N) is 3. The summed E-state index contributed by atoms with van der Waals surface area (Å²) >= 11 is 11.1. The smallest absolute Gasteiger partial charge is 0.243 e. The van der Waals surface area contributed by atoms with Crippen molar-refractivity contribution in [2.24, 2.45) is 0 Å². The van der Waals surface area contributed by atoms with Crippen molar-refractivity contribution >= 4 is 54.0 Å². The Labute approximate surface area is 188 Å². The predicted octanol–water partition coefficient (Wildman–Crippen LogP) is 4.66. The lowest BCUT2D eigenvalue weighted by molar-refractivity contribution is 0.384. The van der Waals surface area contributed by atoms with Gasteiger partial charge in [0.25, 0.3) is 0 Å². The lowest BCUT2D eigenvalue weighted by Crippen LogP contribution is -2.48. The minimum Gasteiger partial charge on any atom is -0.345 e. The number of piperazine rings is 1. The van der Waals surface area contributed by atoms with Crippen molar-refractivity contribution in [2.45, 2.75) is 11.3 Å². The molecule has 0 N–H and O–H groups in total. The summed E-state index contributed by atoms with van der Waals surface area (Å²) in [6, 6.07) is 14.6. The molecule has 9 heteroatoms. The van der Waals surface area contributed by atoms with E-state index in [4.69, 9.17) is 16.6 Å². The van der Waals surface area contributed by atoms with E-state index in [9.17, 15) is 8.42 Å². The van der Waals surface area contributed by atoms with Gasteiger partial charge in [-0.3, -0.25) is 0 Å². The standard InChI is InChI=1S/C20H19BrClN3O2S2/c21-16-4-1-3-15(11-16)12-18-14-28-20(23-18)24-7-9-25(10-8-24)29(26,27)19-6-2-5-17(22)13-19/h1-6,11,13-14H,7-10,12H2. The van der Waals surface area contributed by atoms with Crippen LogP contribution in [0.25, 0.3) is 0 Å². The number of sulfonamides is 1. The number of rotatable bonds is 5. The lowest BCUT2D eigenvalue weighted by Gasteiger charge is -2.33. The highest BCUT2D eigenvalue weighted by atomic mass is 79.9. The minimum absolute atomic E-state index is 0.240. The van der Waals surface area contributed by atoms with Crippen LogP contribution in [-0.2, 0) is 16.4 Å². The first-order valence-corrected chi connectivity index (χ1v) is 12.6. The van der Waals surface area contributed by atoms with E-state index < -0.39 is 10.0 Å². The van der Waals surface area contributed by atoms with Crippen molar-refractivity contribution in [3.8, 4) is 0 Å². The molecule has 0 bridgehead atoms. The van der Waals surface area contributed by atoms with E-state index in [2.05, 4.69) is 38.3 Å². The van der Waals surface area contributed by atoms with Crippen LogP contribution in [0.1, 0.15) is 11.3 Å². The summed E-state index contributed by atoms with van der Waals surface area (Å²) in [6.07, 6.45) is 0.777. The molecule has 0 saturated carbocycles. The monoisotopic (exact) mass is 511 g/mol. The number of anilines is 1. The Kier molecular flexibility index (Phi) is 6.27. The SMILES string of the molecule is O=S(=O)(c1cccc(Cl)c1)N1CCN(c2nc(Cc3cccc(Br)c3)cs2)CC1. The molecule has 2 aromatic carbocycles. The second kappa shape index (κ2) is 8.73. The molecule has 1 aliphatic rings. The molecule has 0 spiro atoms. The second-order valence-electron chi connectivity index (χ2n) is 6.78. The Morgan fingerprint density at radius 3 is 2.55 bits per heavy atom. The van der Waals surface area contributed by atoms with Crippen LogP contribution in [0, 0.1) is 0 Å². The maximum absolute atomic E-state index is 12.8. The first-order valence-electron chi connectivity index (χ1n) is 9.11. The first kappa shape index (κ1) is 20.8. The maximum Gasteiger partial charge on any atom is 0.243 e. The molecule has 152 valence electrons. The minimum atomic E-state index is -3.53. The number of halogens is 2. The van der Waals surface area contributed by atoms with E-state index >= 15 is 0 Å². The lowest BCUT2D eigenvalue weighted by atomic mass is 10.1. The number of thiazole rings is 1. The van der Waals surface area contributed by atoms with Gasteiger partial charge in [-0.1, -0.05) is 45.7 Å². The largest absolute Gasteiger partial charge is 0.345 e. The van der Waals surface area contributed by atoms with E-state index in [0.29, 0.717) is 31.2 Å². The van der Waals surface area contributed by atoms with Gasteiger partial charge in [0.05, 0.1) is 10.6 Å². The summed E-state index contributed by atoms with van der Waals surface area (Å²) < 4.78 is 28.3. The number of benzene rings is 2. The fraction of sp³-hybridized carbons (Fsp3) is 0.250. The normalized spacial score (nSPS) is 15.6. The first-order chi connectivity index (χ1) is 13.9. The van der Waals surface area contributed by atoms with Crippen LogP contribution >= 0.6 is 38.9 Å². The van der Waals surface area contributed by atoms with Crippen LogP contribution in [0.15, 0.2) is 63.3 Å². The predicted molar refractivity (Wildman–Crippen MR) is 121 cm³/mol. The Morgan fingerprint density at radius 2 is 1.83 bits per heavy atom. The van der Waals surface area contributed by atoms with Crippen molar-refractivity contribution in [1.82, 2.24) is 9.29 Å². The molecule has 1 aliphatic heterocycles. The van der Waals surface area contributed by atoms with Gasteiger partial charge in [-0.05, 0) is 35.9 Å². The molecule has 1 saturated heterocycles. The van der Waals surface area contributed by atoms with Crippen LogP contribution in [0.3, 0.4) is 0 Å². The molecule has 0 radical (unpaired) electrons. The maximum atomic E-state index is 12.8. The number of hydrogen-bond donors (Lipinski definition) is 0. The highest BCUT2D eigenvalue weighted by molar-refractivity contribution is 9.10. The summed E-state index contributed by atoms with van der Waals surface area (Å²) in [7, 11) is -3.53. The molecule has 3 aromatic rings. The van der Waals surface area contributed by atoms with E-state index in [0.717, 1.165) is 21.7 Å².